The maximum Gasteiger partial charge on any atom is 0.228 e. The Morgan fingerprint density at radius 2 is 1.25 bits per heavy atom. The molecule has 0 spiro atoms. The van der Waals surface area contributed by atoms with Crippen LogP contribution < -0.4 is 20.1 Å². The van der Waals surface area contributed by atoms with E-state index in [0.717, 1.165) is 19.3 Å². The number of pyridine rings is 2. The molecule has 0 saturated carbocycles. The van der Waals surface area contributed by atoms with Crippen molar-refractivity contribution in [3.63, 3.8) is 0 Å². The third-order valence-corrected chi connectivity index (χ3v) is 4.85. The Morgan fingerprint density at radius 3 is 1.64 bits per heavy atom. The fourth-order valence-electron chi connectivity index (χ4n) is 2.45. The average molecular weight is 501 g/mol. The maximum atomic E-state index is 11.6. The highest BCUT2D eigenvalue weighted by molar-refractivity contribution is 5.91. The predicted octanol–water partition coefficient (Wildman–Crippen LogP) is 6.35. The van der Waals surface area contributed by atoms with Crippen LogP contribution in [0.1, 0.15) is 74.7 Å². The van der Waals surface area contributed by atoms with Crippen LogP contribution in [0, 0.1) is 17.3 Å². The lowest BCUT2D eigenvalue weighted by Crippen LogP contribution is -2.18. The summed E-state index contributed by atoms with van der Waals surface area (Å²) in [5, 5.41) is 5.50. The van der Waals surface area contributed by atoms with Crippen molar-refractivity contribution in [2.45, 2.75) is 74.7 Å². The van der Waals surface area contributed by atoms with Gasteiger partial charge in [-0.1, -0.05) is 73.9 Å². The van der Waals surface area contributed by atoms with E-state index in [1.807, 2.05) is 39.8 Å². The van der Waals surface area contributed by atoms with E-state index in [-0.39, 0.29) is 29.1 Å². The van der Waals surface area contributed by atoms with Gasteiger partial charge in [-0.15, -0.1) is 0 Å². The van der Waals surface area contributed by atoms with Gasteiger partial charge in [0.05, 0.1) is 13.2 Å². The molecule has 0 aliphatic rings. The number of unbranched alkanes of at least 4 members (excludes halogenated alkanes) is 1. The minimum atomic E-state index is -0.0627. The molecular weight excluding hydrogens is 456 g/mol. The summed E-state index contributed by atoms with van der Waals surface area (Å²) in [6.07, 6.45) is 3.05. The topological polar surface area (TPSA) is 102 Å². The van der Waals surface area contributed by atoms with Crippen LogP contribution in [0.3, 0.4) is 0 Å². The van der Waals surface area contributed by atoms with Crippen LogP contribution in [0.4, 0.5) is 11.6 Å². The van der Waals surface area contributed by atoms with Crippen molar-refractivity contribution >= 4 is 23.5 Å². The first-order chi connectivity index (χ1) is 16.9. The number of nitrogens with zero attached hydrogens (tertiary/aromatic N) is 2. The van der Waals surface area contributed by atoms with Crippen molar-refractivity contribution in [3.8, 4) is 11.8 Å². The van der Waals surface area contributed by atoms with E-state index in [0.29, 0.717) is 36.6 Å². The van der Waals surface area contributed by atoms with Crippen molar-refractivity contribution in [3.05, 3.63) is 36.4 Å². The molecule has 2 rings (SSSR count). The Hall–Kier alpha value is -3.16. The van der Waals surface area contributed by atoms with Gasteiger partial charge in [0.25, 0.3) is 0 Å². The summed E-state index contributed by atoms with van der Waals surface area (Å²) < 4.78 is 11.1. The smallest absolute Gasteiger partial charge is 0.228 e. The highest BCUT2D eigenvalue weighted by atomic mass is 16.5. The summed E-state index contributed by atoms with van der Waals surface area (Å²) >= 11 is 0. The van der Waals surface area contributed by atoms with E-state index in [1.54, 1.807) is 24.3 Å². The molecule has 0 bridgehead atoms. The fourth-order valence-corrected chi connectivity index (χ4v) is 2.45. The monoisotopic (exact) mass is 500 g/mol. The first-order valence-electron chi connectivity index (χ1n) is 12.7. The van der Waals surface area contributed by atoms with Gasteiger partial charge in [-0.25, -0.2) is 0 Å². The molecule has 8 heteroatoms. The molecule has 8 nitrogen and oxygen atoms in total. The number of hydrogen-bond acceptors (Lipinski definition) is 6. The number of nitrogens with one attached hydrogen (secondary N) is 2. The number of anilines is 2. The number of amides is 2. The highest BCUT2D eigenvalue weighted by Gasteiger charge is 2.11. The fraction of sp³-hybridized carbons (Fsp3) is 0.571. The third-order valence-electron chi connectivity index (χ3n) is 4.85. The van der Waals surface area contributed by atoms with Crippen LogP contribution in [0.25, 0.3) is 0 Å². The van der Waals surface area contributed by atoms with Crippen molar-refractivity contribution in [2.75, 3.05) is 23.8 Å². The summed E-state index contributed by atoms with van der Waals surface area (Å²) in [4.78, 5) is 31.5. The number of ether oxygens (including phenoxy) is 2. The SMILES string of the molecule is CC(C)C(=O)Nc1cccc(OCCC(C)(C)C)n1.CCCCOc1cccc(NC(=O)C(C)C)n1. The Kier molecular flexibility index (Phi) is 13.5. The summed E-state index contributed by atoms with van der Waals surface area (Å²) in [6, 6.07) is 10.8. The Labute approximate surface area is 216 Å². The molecule has 2 aromatic rings. The molecule has 0 unspecified atom stereocenters. The summed E-state index contributed by atoms with van der Waals surface area (Å²) in [6.45, 7) is 17.3. The maximum absolute atomic E-state index is 11.6. The molecule has 0 fully saturated rings. The van der Waals surface area contributed by atoms with E-state index in [1.165, 1.54) is 0 Å². The predicted molar refractivity (Wildman–Crippen MR) is 145 cm³/mol. The van der Waals surface area contributed by atoms with Crippen LogP contribution >= 0.6 is 0 Å². The van der Waals surface area contributed by atoms with Crippen molar-refractivity contribution in [1.82, 2.24) is 9.97 Å². The molecule has 2 aromatic heterocycles. The minimum absolute atomic E-state index is 0.0387. The number of carbonyl (C=O) groups excluding carboxylic acids is 2. The molecule has 0 aliphatic heterocycles. The lowest BCUT2D eigenvalue weighted by atomic mass is 9.93. The quantitative estimate of drug-likeness (QED) is 0.349. The number of aromatic nitrogens is 2. The van der Waals surface area contributed by atoms with Gasteiger partial charge in [0.15, 0.2) is 0 Å². The van der Waals surface area contributed by atoms with Crippen molar-refractivity contribution < 1.29 is 19.1 Å². The van der Waals surface area contributed by atoms with Crippen molar-refractivity contribution in [2.24, 2.45) is 17.3 Å². The number of hydrogen-bond donors (Lipinski definition) is 2. The second-order valence-electron chi connectivity index (χ2n) is 10.4. The van der Waals surface area contributed by atoms with Gasteiger partial charge in [-0.3, -0.25) is 9.59 Å². The van der Waals surface area contributed by atoms with E-state index >= 15 is 0 Å². The van der Waals surface area contributed by atoms with E-state index in [2.05, 4.69) is 48.3 Å². The Balaban J connectivity index is 0.000000362. The summed E-state index contributed by atoms with van der Waals surface area (Å²) in [5.41, 5.74) is 0.240. The largest absolute Gasteiger partial charge is 0.478 e. The zero-order chi connectivity index (χ0) is 27.1. The van der Waals surface area contributed by atoms with Gasteiger partial charge in [0, 0.05) is 24.0 Å². The number of rotatable bonds is 11. The molecule has 0 aromatic carbocycles. The second-order valence-corrected chi connectivity index (χ2v) is 10.4. The first-order valence-corrected chi connectivity index (χ1v) is 12.7. The van der Waals surface area contributed by atoms with Gasteiger partial charge in [0.2, 0.25) is 23.6 Å². The zero-order valence-electron chi connectivity index (χ0n) is 23.2. The Morgan fingerprint density at radius 1 is 0.806 bits per heavy atom. The molecular formula is C28H44N4O4. The number of carbonyl (C=O) groups is 2. The van der Waals surface area contributed by atoms with Crippen LogP contribution in [-0.2, 0) is 9.59 Å². The van der Waals surface area contributed by atoms with E-state index in [4.69, 9.17) is 9.47 Å². The van der Waals surface area contributed by atoms with Crippen LogP contribution in [-0.4, -0.2) is 35.0 Å². The van der Waals surface area contributed by atoms with Gasteiger partial charge >= 0.3 is 0 Å². The third kappa shape index (κ3) is 13.7. The first kappa shape index (κ1) is 30.9. The van der Waals surface area contributed by atoms with Crippen LogP contribution in [0.2, 0.25) is 0 Å². The lowest BCUT2D eigenvalue weighted by Gasteiger charge is -2.17. The second kappa shape index (κ2) is 15.8. The van der Waals surface area contributed by atoms with Gasteiger partial charge < -0.3 is 20.1 Å². The van der Waals surface area contributed by atoms with Crippen LogP contribution in [0.15, 0.2) is 36.4 Å². The zero-order valence-corrected chi connectivity index (χ0v) is 23.2. The van der Waals surface area contributed by atoms with Crippen molar-refractivity contribution in [1.29, 1.82) is 0 Å². The molecule has 36 heavy (non-hydrogen) atoms. The molecule has 0 radical (unpaired) electrons. The summed E-state index contributed by atoms with van der Waals surface area (Å²) in [7, 11) is 0. The lowest BCUT2D eigenvalue weighted by molar-refractivity contribution is -0.119. The molecule has 200 valence electrons. The summed E-state index contributed by atoms with van der Waals surface area (Å²) in [5.74, 6) is 1.98. The standard InChI is InChI=1S/C15H24N2O2.C13H20N2O2/c1-11(2)14(18)17-12-7-6-8-13(16-12)19-10-9-15(3,4)5;1-4-5-9-17-12-8-6-7-11(14-12)15-13(16)10(2)3/h6-8,11H,9-10H2,1-5H3,(H,16,17,18);6-8,10H,4-5,9H2,1-3H3,(H,14,15,16). The molecule has 0 saturated heterocycles. The average Bonchev–Trinajstić information content (AvgIpc) is 2.79. The normalized spacial score (nSPS) is 10.9. The molecule has 0 atom stereocenters. The molecule has 2 amide bonds. The van der Waals surface area contributed by atoms with E-state index in [9.17, 15) is 9.59 Å². The molecule has 2 heterocycles. The minimum Gasteiger partial charge on any atom is -0.478 e. The Bertz CT molecular complexity index is 939. The highest BCUT2D eigenvalue weighted by Crippen LogP contribution is 2.19. The van der Waals surface area contributed by atoms with E-state index < -0.39 is 0 Å². The van der Waals surface area contributed by atoms with Gasteiger partial charge in [-0.05, 0) is 30.4 Å². The molecule has 0 aliphatic carbocycles. The van der Waals surface area contributed by atoms with Crippen LogP contribution in [0.5, 0.6) is 11.8 Å². The van der Waals surface area contributed by atoms with Gasteiger partial charge in [-0.2, -0.15) is 9.97 Å². The molecule has 2 N–H and O–H groups in total. The van der Waals surface area contributed by atoms with Gasteiger partial charge in [0.1, 0.15) is 11.6 Å².